The van der Waals surface area contributed by atoms with Crippen molar-refractivity contribution in [3.05, 3.63) is 59.4 Å². The van der Waals surface area contributed by atoms with Crippen LogP contribution in [0.15, 0.2) is 47.4 Å². The highest BCUT2D eigenvalue weighted by molar-refractivity contribution is 7.91. The lowest BCUT2D eigenvalue weighted by Crippen LogP contribution is -2.24. The van der Waals surface area contributed by atoms with Gasteiger partial charge in [0, 0.05) is 0 Å². The molecule has 1 saturated carbocycles. The smallest absolute Gasteiger partial charge is 0.187 e. The highest BCUT2D eigenvalue weighted by Crippen LogP contribution is 2.30. The van der Waals surface area contributed by atoms with Gasteiger partial charge in [0.2, 0.25) is 0 Å². The Bertz CT molecular complexity index is 919. The molecule has 0 radical (unpaired) electrons. The molecule has 0 aliphatic heterocycles. The van der Waals surface area contributed by atoms with E-state index in [1.807, 2.05) is 25.1 Å². The van der Waals surface area contributed by atoms with E-state index in [0.29, 0.717) is 23.4 Å². The summed E-state index contributed by atoms with van der Waals surface area (Å²) in [6.45, 7) is 8.93. The van der Waals surface area contributed by atoms with Gasteiger partial charge in [0.1, 0.15) is 0 Å². The summed E-state index contributed by atoms with van der Waals surface area (Å²) in [5, 5.41) is 9.58. The lowest BCUT2D eigenvalue weighted by Gasteiger charge is -2.25. The van der Waals surface area contributed by atoms with Gasteiger partial charge in [-0.2, -0.15) is 0 Å². The van der Waals surface area contributed by atoms with Crippen molar-refractivity contribution in [2.24, 2.45) is 5.92 Å². The maximum atomic E-state index is 12.8. The van der Waals surface area contributed by atoms with E-state index in [2.05, 4.69) is 4.85 Å². The lowest BCUT2D eigenvalue weighted by molar-refractivity contribution is 0.113. The molecule has 136 valence electrons. The summed E-state index contributed by atoms with van der Waals surface area (Å²) in [4.78, 5) is 3.75. The van der Waals surface area contributed by atoms with Gasteiger partial charge >= 0.3 is 0 Å². The van der Waals surface area contributed by atoms with E-state index in [4.69, 9.17) is 6.57 Å². The second-order valence-electron chi connectivity index (χ2n) is 7.09. The quantitative estimate of drug-likeness (QED) is 0.805. The number of hydrogen-bond acceptors (Lipinski definition) is 3. The summed E-state index contributed by atoms with van der Waals surface area (Å²) in [5.41, 5.74) is 3.44. The van der Waals surface area contributed by atoms with E-state index in [1.54, 1.807) is 24.3 Å². The van der Waals surface area contributed by atoms with E-state index < -0.39 is 9.84 Å². The Morgan fingerprint density at radius 1 is 1.08 bits per heavy atom. The number of hydrogen-bond donors (Lipinski definition) is 1. The lowest BCUT2D eigenvalue weighted by atomic mass is 9.89. The molecule has 0 atom stereocenters. The van der Waals surface area contributed by atoms with E-state index in [9.17, 15) is 13.5 Å². The molecule has 3 rings (SSSR count). The first kappa shape index (κ1) is 18.6. The highest BCUT2D eigenvalue weighted by Gasteiger charge is 2.26. The van der Waals surface area contributed by atoms with Gasteiger partial charge in [-0.1, -0.05) is 30.3 Å². The highest BCUT2D eigenvalue weighted by atomic mass is 32.2. The summed E-state index contributed by atoms with van der Waals surface area (Å²) in [6.07, 6.45) is 2.65. The van der Waals surface area contributed by atoms with Gasteiger partial charge in [0.05, 0.1) is 23.3 Å². The Morgan fingerprint density at radius 2 is 1.73 bits per heavy atom. The fraction of sp³-hybridized carbons (Fsp3) is 0.381. The van der Waals surface area contributed by atoms with Gasteiger partial charge in [-0.05, 0) is 67.3 Å². The fourth-order valence-electron chi connectivity index (χ4n) is 3.59. The number of sulfone groups is 1. The molecule has 26 heavy (non-hydrogen) atoms. The summed E-state index contributed by atoms with van der Waals surface area (Å²) in [5.74, 6) is 0.280. The predicted molar refractivity (Wildman–Crippen MR) is 103 cm³/mol. The van der Waals surface area contributed by atoms with E-state index >= 15 is 0 Å². The van der Waals surface area contributed by atoms with Crippen LogP contribution in [0.3, 0.4) is 0 Å². The largest absolute Gasteiger partial charge is 0.393 e. The van der Waals surface area contributed by atoms with Gasteiger partial charge < -0.3 is 5.11 Å². The first-order chi connectivity index (χ1) is 12.4. The van der Waals surface area contributed by atoms with Crippen molar-refractivity contribution in [3.63, 3.8) is 0 Å². The minimum atomic E-state index is -3.33. The second kappa shape index (κ2) is 7.61. The first-order valence-corrected chi connectivity index (χ1v) is 10.5. The third-order valence-electron chi connectivity index (χ3n) is 5.14. The minimum Gasteiger partial charge on any atom is -0.393 e. The molecule has 2 aromatic carbocycles. The molecule has 0 spiro atoms. The molecule has 0 unspecified atom stereocenters. The summed E-state index contributed by atoms with van der Waals surface area (Å²) in [6, 6.07) is 12.6. The van der Waals surface area contributed by atoms with Crippen molar-refractivity contribution in [3.8, 4) is 11.1 Å². The number of aliphatic hydroxyl groups excluding tert-OH is 1. The van der Waals surface area contributed by atoms with Crippen LogP contribution < -0.4 is 0 Å². The third-order valence-corrected chi connectivity index (χ3v) is 7.02. The van der Waals surface area contributed by atoms with Crippen LogP contribution in [0.5, 0.6) is 0 Å². The van der Waals surface area contributed by atoms with Crippen LogP contribution in [0.1, 0.15) is 31.2 Å². The molecule has 1 aliphatic carbocycles. The summed E-state index contributed by atoms with van der Waals surface area (Å²) in [7, 11) is -3.33. The van der Waals surface area contributed by atoms with Crippen LogP contribution in [0, 0.1) is 19.4 Å². The van der Waals surface area contributed by atoms with Gasteiger partial charge in [0.25, 0.3) is 0 Å². The first-order valence-electron chi connectivity index (χ1n) is 8.88. The zero-order valence-electron chi connectivity index (χ0n) is 14.9. The normalized spacial score (nSPS) is 20.5. The summed E-state index contributed by atoms with van der Waals surface area (Å²) >= 11 is 0. The molecule has 1 N–H and O–H groups in total. The third kappa shape index (κ3) is 4.14. The molecule has 0 aromatic heterocycles. The minimum absolute atomic E-state index is 0.129. The molecule has 5 heteroatoms. The number of aryl methyl sites for hydroxylation is 1. The van der Waals surface area contributed by atoms with Crippen LogP contribution in [0.4, 0.5) is 5.69 Å². The molecule has 1 aliphatic rings. The molecule has 0 amide bonds. The van der Waals surface area contributed by atoms with Gasteiger partial charge in [0.15, 0.2) is 15.5 Å². The standard InChI is InChI=1S/C21H23NO3S/c1-15-13-20(26(24,25)14-16-3-9-19(23)10-4-16)11-12-21(15)17-5-7-18(22-2)8-6-17/h5-8,11-13,16,19,23H,3-4,9-10,14H2,1H3. The number of nitrogens with zero attached hydrogens (tertiary/aromatic N) is 1. The van der Waals surface area contributed by atoms with E-state index in [-0.39, 0.29) is 17.8 Å². The van der Waals surface area contributed by atoms with E-state index in [1.165, 1.54) is 0 Å². The molecule has 2 aromatic rings. The Morgan fingerprint density at radius 3 is 2.31 bits per heavy atom. The van der Waals surface area contributed by atoms with Crippen LogP contribution >= 0.6 is 0 Å². The van der Waals surface area contributed by atoms with Crippen molar-refractivity contribution in [2.45, 2.75) is 43.6 Å². The second-order valence-corrected chi connectivity index (χ2v) is 9.13. The van der Waals surface area contributed by atoms with Crippen LogP contribution in [0.2, 0.25) is 0 Å². The molecule has 0 heterocycles. The zero-order chi connectivity index (χ0) is 18.7. The Labute approximate surface area is 155 Å². The topological polar surface area (TPSA) is 58.7 Å². The Hall–Kier alpha value is -2.16. The van der Waals surface area contributed by atoms with Crippen molar-refractivity contribution in [1.29, 1.82) is 0 Å². The summed E-state index contributed by atoms with van der Waals surface area (Å²) < 4.78 is 25.5. The molecule has 0 bridgehead atoms. The zero-order valence-corrected chi connectivity index (χ0v) is 15.7. The SMILES string of the molecule is [C-]#[N+]c1ccc(-c2ccc(S(=O)(=O)CC3CCC(O)CC3)cc2C)cc1. The van der Waals surface area contributed by atoms with Crippen molar-refractivity contribution in [1.82, 2.24) is 0 Å². The maximum Gasteiger partial charge on any atom is 0.187 e. The number of aliphatic hydroxyl groups is 1. The van der Waals surface area contributed by atoms with Crippen LogP contribution in [-0.4, -0.2) is 25.4 Å². The number of rotatable bonds is 4. The van der Waals surface area contributed by atoms with Crippen LogP contribution in [-0.2, 0) is 9.84 Å². The monoisotopic (exact) mass is 369 g/mol. The van der Waals surface area contributed by atoms with E-state index in [0.717, 1.165) is 29.5 Å². The fourth-order valence-corrected chi connectivity index (χ4v) is 5.37. The predicted octanol–water partition coefficient (Wildman–Crippen LogP) is 4.54. The van der Waals surface area contributed by atoms with Crippen molar-refractivity contribution in [2.75, 3.05) is 5.75 Å². The average Bonchev–Trinajstić information content (AvgIpc) is 2.63. The van der Waals surface area contributed by atoms with Crippen molar-refractivity contribution < 1.29 is 13.5 Å². The van der Waals surface area contributed by atoms with Gasteiger partial charge in [-0.3, -0.25) is 0 Å². The maximum absolute atomic E-state index is 12.8. The van der Waals surface area contributed by atoms with Crippen molar-refractivity contribution >= 4 is 15.5 Å². The van der Waals surface area contributed by atoms with Gasteiger partial charge in [-0.15, -0.1) is 0 Å². The van der Waals surface area contributed by atoms with Gasteiger partial charge in [-0.25, -0.2) is 13.3 Å². The Balaban J connectivity index is 1.80. The Kier molecular flexibility index (Phi) is 5.45. The molecule has 1 fully saturated rings. The molecular formula is C21H23NO3S. The molecular weight excluding hydrogens is 346 g/mol. The average molecular weight is 369 g/mol. The molecule has 4 nitrogen and oxygen atoms in total. The molecule has 0 saturated heterocycles. The number of benzene rings is 2. The van der Waals surface area contributed by atoms with Crippen LogP contribution in [0.25, 0.3) is 16.0 Å².